The maximum absolute atomic E-state index is 12.5. The van der Waals surface area contributed by atoms with E-state index in [4.69, 9.17) is 16.3 Å². The molecule has 0 saturated heterocycles. The monoisotopic (exact) mass is 476 g/mol. The molecule has 0 aliphatic carbocycles. The van der Waals surface area contributed by atoms with E-state index in [1.165, 1.54) is 0 Å². The highest BCUT2D eigenvalue weighted by atomic mass is 35.5. The van der Waals surface area contributed by atoms with Gasteiger partial charge in [-0.15, -0.1) is 0 Å². The van der Waals surface area contributed by atoms with Crippen molar-refractivity contribution in [2.75, 3.05) is 6.61 Å². The third-order valence-corrected chi connectivity index (χ3v) is 5.91. The van der Waals surface area contributed by atoms with E-state index in [1.807, 2.05) is 31.2 Å². The van der Waals surface area contributed by atoms with Crippen LogP contribution < -0.4 is 10.1 Å². The molecule has 4 nitrogen and oxygen atoms in total. The molecular weight excluding hydrogens is 453 g/mol. The summed E-state index contributed by atoms with van der Waals surface area (Å²) in [5.41, 5.74) is 3.40. The molecule has 3 rings (SSSR count). The highest BCUT2D eigenvalue weighted by Crippen LogP contribution is 2.31. The Morgan fingerprint density at radius 2 is 2.03 bits per heavy atom. The lowest BCUT2D eigenvalue weighted by atomic mass is 9.88. The van der Waals surface area contributed by atoms with Crippen LogP contribution >= 0.6 is 11.6 Å². The van der Waals surface area contributed by atoms with E-state index in [2.05, 4.69) is 5.32 Å². The van der Waals surface area contributed by atoms with Crippen molar-refractivity contribution in [2.24, 2.45) is 0 Å². The van der Waals surface area contributed by atoms with Crippen molar-refractivity contribution in [3.8, 4) is 11.8 Å². The second kappa shape index (κ2) is 10.8. The van der Waals surface area contributed by atoms with E-state index in [0.29, 0.717) is 35.6 Å². The topological polar surface area (TPSA) is 62.1 Å². The molecule has 1 aliphatic rings. The van der Waals surface area contributed by atoms with Crippen LogP contribution in [-0.4, -0.2) is 24.7 Å². The lowest BCUT2D eigenvalue weighted by molar-refractivity contribution is -0.136. The van der Waals surface area contributed by atoms with E-state index >= 15 is 0 Å². The number of hydrogen-bond donors (Lipinski definition) is 1. The van der Waals surface area contributed by atoms with Crippen molar-refractivity contribution in [1.29, 1.82) is 5.26 Å². The minimum absolute atomic E-state index is 0.00809. The number of halogens is 4. The first-order valence-electron chi connectivity index (χ1n) is 10.7. The SMILES string of the molecule is Cc1ccc(C2=C(C#N)C(=O)NC(CCc3cccc(OCCCC(F)(F)F)c3)C2)cc1Cl. The van der Waals surface area contributed by atoms with Crippen LogP contribution in [0.5, 0.6) is 5.75 Å². The fraction of sp³-hybridized carbons (Fsp3) is 0.360. The van der Waals surface area contributed by atoms with E-state index in [9.17, 15) is 23.2 Å². The summed E-state index contributed by atoms with van der Waals surface area (Å²) >= 11 is 6.25. The largest absolute Gasteiger partial charge is 0.494 e. The summed E-state index contributed by atoms with van der Waals surface area (Å²) in [7, 11) is 0. The highest BCUT2D eigenvalue weighted by Gasteiger charge is 2.28. The Hall–Kier alpha value is -2.98. The van der Waals surface area contributed by atoms with Crippen LogP contribution in [0.15, 0.2) is 48.0 Å². The molecule has 0 fully saturated rings. The number of rotatable bonds is 8. The summed E-state index contributed by atoms with van der Waals surface area (Å²) in [6.45, 7) is 1.88. The van der Waals surface area contributed by atoms with Gasteiger partial charge in [-0.05, 0) is 73.1 Å². The molecule has 2 aromatic rings. The Kier molecular flexibility index (Phi) is 8.04. The molecule has 0 saturated carbocycles. The van der Waals surface area contributed by atoms with Gasteiger partial charge < -0.3 is 10.1 Å². The van der Waals surface area contributed by atoms with Gasteiger partial charge in [0.1, 0.15) is 17.4 Å². The van der Waals surface area contributed by atoms with Gasteiger partial charge in [0.25, 0.3) is 5.91 Å². The number of aryl methyl sites for hydroxylation is 2. The fourth-order valence-electron chi connectivity index (χ4n) is 3.72. The Balaban J connectivity index is 1.63. The summed E-state index contributed by atoms with van der Waals surface area (Å²) in [5.74, 6) is 0.117. The third kappa shape index (κ3) is 7.00. The first kappa shape index (κ1) is 24.7. The number of alkyl halides is 3. The van der Waals surface area contributed by atoms with Gasteiger partial charge in [-0.25, -0.2) is 0 Å². The van der Waals surface area contributed by atoms with Gasteiger partial charge in [0.2, 0.25) is 0 Å². The van der Waals surface area contributed by atoms with Gasteiger partial charge >= 0.3 is 6.18 Å². The van der Waals surface area contributed by atoms with Crippen LogP contribution in [0.3, 0.4) is 0 Å². The van der Waals surface area contributed by atoms with Crippen molar-refractivity contribution in [3.63, 3.8) is 0 Å². The summed E-state index contributed by atoms with van der Waals surface area (Å²) < 4.78 is 42.2. The number of carbonyl (C=O) groups excluding carboxylic acids is 1. The zero-order chi connectivity index (χ0) is 24.0. The molecule has 1 amide bonds. The first-order valence-corrected chi connectivity index (χ1v) is 11.0. The standard InChI is InChI=1S/C25H24ClF3N2O2/c1-16-6-8-18(13-23(16)26)21-14-19(31-24(32)22(21)15-30)9-7-17-4-2-5-20(12-17)33-11-3-10-25(27,28)29/h2,4-6,8,12-13,19H,3,7,9-11,14H2,1H3,(H,31,32). The van der Waals surface area contributed by atoms with Crippen molar-refractivity contribution < 1.29 is 22.7 Å². The zero-order valence-electron chi connectivity index (χ0n) is 18.1. The van der Waals surface area contributed by atoms with Gasteiger partial charge in [-0.3, -0.25) is 4.79 Å². The number of hydrogen-bond acceptors (Lipinski definition) is 3. The Bertz CT molecular complexity index is 1090. The molecule has 0 bridgehead atoms. The van der Waals surface area contributed by atoms with Gasteiger partial charge in [-0.2, -0.15) is 18.4 Å². The number of ether oxygens (including phenoxy) is 1. The molecular formula is C25H24ClF3N2O2. The van der Waals surface area contributed by atoms with Gasteiger partial charge in [0.15, 0.2) is 0 Å². The van der Waals surface area contributed by atoms with Gasteiger partial charge in [-0.1, -0.05) is 35.9 Å². The van der Waals surface area contributed by atoms with E-state index in [0.717, 1.165) is 16.7 Å². The van der Waals surface area contributed by atoms with Crippen LogP contribution in [-0.2, 0) is 11.2 Å². The smallest absolute Gasteiger partial charge is 0.389 e. The normalized spacial score (nSPS) is 16.4. The predicted octanol–water partition coefficient (Wildman–Crippen LogP) is 6.17. The maximum Gasteiger partial charge on any atom is 0.389 e. The predicted molar refractivity (Wildman–Crippen MR) is 121 cm³/mol. The molecule has 174 valence electrons. The number of nitrogens with one attached hydrogen (secondary N) is 1. The lowest BCUT2D eigenvalue weighted by Crippen LogP contribution is -2.40. The van der Waals surface area contributed by atoms with Crippen LogP contribution in [0, 0.1) is 18.3 Å². The Morgan fingerprint density at radius 3 is 2.73 bits per heavy atom. The van der Waals surface area contributed by atoms with Crippen LogP contribution in [0.25, 0.3) is 5.57 Å². The number of benzene rings is 2. The molecule has 1 unspecified atom stereocenters. The molecule has 0 spiro atoms. The van der Waals surface area contributed by atoms with Crippen molar-refractivity contribution in [2.45, 2.75) is 51.2 Å². The first-order chi connectivity index (χ1) is 15.7. The summed E-state index contributed by atoms with van der Waals surface area (Å²) in [5, 5.41) is 13.0. The van der Waals surface area contributed by atoms with Crippen LogP contribution in [0.1, 0.15) is 42.4 Å². The molecule has 8 heteroatoms. The van der Waals surface area contributed by atoms with Gasteiger partial charge in [0.05, 0.1) is 6.61 Å². The number of nitrogens with zero attached hydrogens (tertiary/aromatic N) is 1. The minimum atomic E-state index is -4.18. The third-order valence-electron chi connectivity index (χ3n) is 5.50. The highest BCUT2D eigenvalue weighted by molar-refractivity contribution is 6.31. The summed E-state index contributed by atoms with van der Waals surface area (Å²) in [6, 6.07) is 14.6. The number of carbonyl (C=O) groups is 1. The van der Waals surface area contributed by atoms with Crippen molar-refractivity contribution in [3.05, 3.63) is 69.8 Å². The second-order valence-electron chi connectivity index (χ2n) is 8.06. The second-order valence-corrected chi connectivity index (χ2v) is 8.46. The molecule has 0 radical (unpaired) electrons. The maximum atomic E-state index is 12.5. The lowest BCUT2D eigenvalue weighted by Gasteiger charge is -2.26. The van der Waals surface area contributed by atoms with Crippen LogP contribution in [0.2, 0.25) is 5.02 Å². The van der Waals surface area contributed by atoms with Crippen LogP contribution in [0.4, 0.5) is 13.2 Å². The van der Waals surface area contributed by atoms with E-state index in [-0.39, 0.29) is 24.6 Å². The summed E-state index contributed by atoms with van der Waals surface area (Å²) in [4.78, 5) is 12.5. The van der Waals surface area contributed by atoms with Crippen molar-refractivity contribution in [1.82, 2.24) is 5.32 Å². The summed E-state index contributed by atoms with van der Waals surface area (Å²) in [6.07, 6.45) is -3.39. The molecule has 1 atom stereocenters. The Labute approximate surface area is 196 Å². The molecule has 33 heavy (non-hydrogen) atoms. The van der Waals surface area contributed by atoms with Crippen molar-refractivity contribution >= 4 is 23.1 Å². The number of amides is 1. The fourth-order valence-corrected chi connectivity index (χ4v) is 3.90. The number of nitriles is 1. The average Bonchev–Trinajstić information content (AvgIpc) is 2.76. The zero-order valence-corrected chi connectivity index (χ0v) is 18.9. The molecule has 0 aromatic heterocycles. The minimum Gasteiger partial charge on any atom is -0.494 e. The molecule has 1 heterocycles. The van der Waals surface area contributed by atoms with E-state index in [1.54, 1.807) is 24.3 Å². The Morgan fingerprint density at radius 1 is 1.24 bits per heavy atom. The van der Waals surface area contributed by atoms with Gasteiger partial charge in [0, 0.05) is 17.5 Å². The quantitative estimate of drug-likeness (QED) is 0.463. The molecule has 1 N–H and O–H groups in total. The average molecular weight is 477 g/mol. The van der Waals surface area contributed by atoms with E-state index < -0.39 is 18.5 Å². The molecule has 1 aliphatic heterocycles. The molecule has 2 aromatic carbocycles.